The molecule has 1 amide bonds. The third-order valence-electron chi connectivity index (χ3n) is 8.06. The summed E-state index contributed by atoms with van der Waals surface area (Å²) >= 11 is 0. The first-order valence-corrected chi connectivity index (χ1v) is 16.3. The minimum Gasteiger partial charge on any atom is -0.394 e. The summed E-state index contributed by atoms with van der Waals surface area (Å²) in [7, 11) is 0. The number of aliphatic hydroxyl groups excluding tert-OH is 1. The maximum atomic E-state index is 13.8. The summed E-state index contributed by atoms with van der Waals surface area (Å²) in [6, 6.07) is -1.17. The molecule has 17 nitrogen and oxygen atoms in total. The summed E-state index contributed by atoms with van der Waals surface area (Å²) in [6.45, 7) is 11.6. The molecule has 2 aromatic heterocycles. The summed E-state index contributed by atoms with van der Waals surface area (Å²) in [5.74, 6) is 4.00. The first kappa shape index (κ1) is 36.2. The number of ether oxygens (including phenoxy) is 4. The number of hydrogen-bond acceptors (Lipinski definition) is 15. The predicted molar refractivity (Wildman–Crippen MR) is 174 cm³/mol. The van der Waals surface area contributed by atoms with Crippen LogP contribution in [0.5, 0.6) is 0 Å². The molecule has 0 saturated carbocycles. The van der Waals surface area contributed by atoms with Crippen LogP contribution >= 0.6 is 0 Å². The van der Waals surface area contributed by atoms with E-state index < -0.39 is 12.1 Å². The fourth-order valence-electron chi connectivity index (χ4n) is 5.13. The zero-order chi connectivity index (χ0) is 33.4. The fraction of sp³-hybridized carbons (Fsp3) is 0.733. The lowest BCUT2D eigenvalue weighted by Gasteiger charge is -2.37. The second-order valence-corrected chi connectivity index (χ2v) is 11.3. The molecule has 4 rings (SSSR count). The van der Waals surface area contributed by atoms with Crippen LogP contribution in [0.15, 0.2) is 6.20 Å². The van der Waals surface area contributed by atoms with Crippen LogP contribution in [-0.2, 0) is 23.7 Å². The van der Waals surface area contributed by atoms with Gasteiger partial charge in [0.15, 0.2) is 0 Å². The zero-order valence-corrected chi connectivity index (χ0v) is 27.5. The second-order valence-electron chi connectivity index (χ2n) is 11.3. The minimum absolute atomic E-state index is 0.0176. The molecule has 0 radical (unpaired) electrons. The Morgan fingerprint density at radius 1 is 1.02 bits per heavy atom. The number of aliphatic hydroxyl groups is 1. The molecule has 2 saturated heterocycles. The Balaban J connectivity index is 1.34. The fourth-order valence-corrected chi connectivity index (χ4v) is 5.13. The molecule has 4 heterocycles. The second kappa shape index (κ2) is 19.2. The van der Waals surface area contributed by atoms with Crippen molar-refractivity contribution in [3.05, 3.63) is 11.9 Å². The molecule has 0 aromatic carbocycles. The summed E-state index contributed by atoms with van der Waals surface area (Å²) in [6.07, 6.45) is 7.59. The highest BCUT2D eigenvalue weighted by Crippen LogP contribution is 2.26. The van der Waals surface area contributed by atoms with E-state index in [9.17, 15) is 9.90 Å². The lowest BCUT2D eigenvalue weighted by Crippen LogP contribution is -2.52. The first-order valence-electron chi connectivity index (χ1n) is 16.3. The van der Waals surface area contributed by atoms with Crippen LogP contribution in [0.1, 0.15) is 38.0 Å². The Morgan fingerprint density at radius 3 is 2.30 bits per heavy atom. The van der Waals surface area contributed by atoms with Gasteiger partial charge in [-0.3, -0.25) is 4.79 Å². The molecule has 0 spiro atoms. The number of rotatable bonds is 19. The largest absolute Gasteiger partial charge is 0.394 e. The maximum absolute atomic E-state index is 13.8. The highest BCUT2D eigenvalue weighted by Gasteiger charge is 2.34. The van der Waals surface area contributed by atoms with Gasteiger partial charge in [-0.05, 0) is 5.92 Å². The van der Waals surface area contributed by atoms with Crippen LogP contribution in [0.4, 0.5) is 17.8 Å². The van der Waals surface area contributed by atoms with Gasteiger partial charge in [-0.2, -0.15) is 15.0 Å². The number of carbonyl (C=O) groups excluding carboxylic acids is 1. The van der Waals surface area contributed by atoms with Gasteiger partial charge in [-0.25, -0.2) is 4.68 Å². The van der Waals surface area contributed by atoms with E-state index in [0.29, 0.717) is 116 Å². The van der Waals surface area contributed by atoms with Gasteiger partial charge < -0.3 is 49.8 Å². The van der Waals surface area contributed by atoms with Crippen LogP contribution in [0.3, 0.4) is 0 Å². The van der Waals surface area contributed by atoms with E-state index in [-0.39, 0.29) is 25.0 Å². The molecule has 2 fully saturated rings. The van der Waals surface area contributed by atoms with Gasteiger partial charge in [0.25, 0.3) is 0 Å². The number of anilines is 3. The summed E-state index contributed by atoms with van der Waals surface area (Å²) in [5.41, 5.74) is 6.38. The summed E-state index contributed by atoms with van der Waals surface area (Å²) in [5, 5.41) is 21.0. The van der Waals surface area contributed by atoms with Gasteiger partial charge in [0, 0.05) is 45.8 Å². The number of nitrogens with one attached hydrogen (secondary N) is 1. The molecule has 0 aliphatic carbocycles. The molecular weight excluding hydrogens is 610 g/mol. The summed E-state index contributed by atoms with van der Waals surface area (Å²) in [4.78, 5) is 34.1. The molecule has 2 aliphatic rings. The van der Waals surface area contributed by atoms with E-state index in [4.69, 9.17) is 41.1 Å². The van der Waals surface area contributed by atoms with Gasteiger partial charge >= 0.3 is 0 Å². The van der Waals surface area contributed by atoms with E-state index >= 15 is 0 Å². The van der Waals surface area contributed by atoms with Crippen molar-refractivity contribution in [2.45, 2.75) is 32.4 Å². The monoisotopic (exact) mass is 659 g/mol. The Hall–Kier alpha value is -3.66. The molecule has 0 bridgehead atoms. The standard InChI is InChI=1S/C30H49N11O6/c1-4-13-44-17-19-47-20-18-45-14-6-32-28-33-29(35-30(34-28)40-11-15-46-16-12-40)39-9-7-38(8-10-39)27(43)26(23(3)5-2)41-21-25(36-37-41)24(31)22-42/h1,21,23-24,26,42H,5-20,22,31H2,2-3H3,(H,32,33,34,35)/t23-,24-,26-/m0/s1. The first-order chi connectivity index (χ1) is 22.9. The number of aromatic nitrogens is 6. The Morgan fingerprint density at radius 2 is 1.66 bits per heavy atom. The lowest BCUT2D eigenvalue weighted by atomic mass is 9.97. The third-order valence-corrected chi connectivity index (χ3v) is 8.06. The van der Waals surface area contributed by atoms with Crippen molar-refractivity contribution >= 4 is 23.8 Å². The van der Waals surface area contributed by atoms with Crippen LogP contribution in [0.25, 0.3) is 0 Å². The highest BCUT2D eigenvalue weighted by atomic mass is 16.5. The molecule has 17 heteroatoms. The van der Waals surface area contributed by atoms with E-state index in [2.05, 4.69) is 36.3 Å². The molecule has 4 N–H and O–H groups in total. The predicted octanol–water partition coefficient (Wildman–Crippen LogP) is -0.677. The van der Waals surface area contributed by atoms with Crippen molar-refractivity contribution in [3.8, 4) is 12.3 Å². The molecule has 0 unspecified atom stereocenters. The average Bonchev–Trinajstić information content (AvgIpc) is 3.60. The number of nitrogens with zero attached hydrogens (tertiary/aromatic N) is 9. The molecule has 260 valence electrons. The minimum atomic E-state index is -0.648. The number of piperazine rings is 1. The Bertz CT molecular complexity index is 1260. The van der Waals surface area contributed by atoms with Crippen molar-refractivity contribution in [1.82, 2.24) is 34.8 Å². The quantitative estimate of drug-likeness (QED) is 0.127. The molecule has 2 aliphatic heterocycles. The number of amides is 1. The van der Waals surface area contributed by atoms with Crippen molar-refractivity contribution in [3.63, 3.8) is 0 Å². The third kappa shape index (κ3) is 10.7. The molecule has 47 heavy (non-hydrogen) atoms. The average molecular weight is 660 g/mol. The van der Waals surface area contributed by atoms with Gasteiger partial charge in [0.1, 0.15) is 18.3 Å². The van der Waals surface area contributed by atoms with E-state index in [1.54, 1.807) is 10.9 Å². The van der Waals surface area contributed by atoms with Crippen LogP contribution < -0.4 is 20.9 Å². The molecule has 3 atom stereocenters. The van der Waals surface area contributed by atoms with Gasteiger partial charge in [-0.15, -0.1) is 11.5 Å². The normalized spacial score (nSPS) is 17.3. The SMILES string of the molecule is C#CCOCCOCCOCCNc1nc(N2CCOCC2)nc(N2CCN(C(=O)[C@H]([C@@H](C)CC)n3cc([C@@H](N)CO)nn3)CC2)n1. The van der Waals surface area contributed by atoms with E-state index in [1.165, 1.54) is 0 Å². The smallest absolute Gasteiger partial charge is 0.247 e. The number of morpholine rings is 1. The number of carbonyl (C=O) groups is 1. The highest BCUT2D eigenvalue weighted by molar-refractivity contribution is 5.81. The van der Waals surface area contributed by atoms with Crippen LogP contribution in [0, 0.1) is 18.3 Å². The van der Waals surface area contributed by atoms with Crippen LogP contribution in [0.2, 0.25) is 0 Å². The van der Waals surface area contributed by atoms with Crippen molar-refractivity contribution in [2.75, 3.05) is 120 Å². The number of nitrogens with two attached hydrogens (primary N) is 1. The Kier molecular flexibility index (Phi) is 14.8. The van der Waals surface area contributed by atoms with Crippen molar-refractivity contribution < 1.29 is 28.8 Å². The molecular formula is C30H49N11O6. The summed E-state index contributed by atoms with van der Waals surface area (Å²) < 4.78 is 23.4. The Labute approximate surface area is 276 Å². The maximum Gasteiger partial charge on any atom is 0.247 e. The van der Waals surface area contributed by atoms with Gasteiger partial charge in [0.2, 0.25) is 23.8 Å². The number of hydrogen-bond donors (Lipinski definition) is 3. The van der Waals surface area contributed by atoms with Crippen molar-refractivity contribution in [2.24, 2.45) is 11.7 Å². The van der Waals surface area contributed by atoms with E-state index in [1.807, 2.05) is 18.7 Å². The van der Waals surface area contributed by atoms with Gasteiger partial charge in [-0.1, -0.05) is 31.4 Å². The number of terminal acetylenes is 1. The topological polar surface area (TPSA) is 191 Å². The van der Waals surface area contributed by atoms with E-state index in [0.717, 1.165) is 6.42 Å². The lowest BCUT2D eigenvalue weighted by molar-refractivity contribution is -0.137. The van der Waals surface area contributed by atoms with Gasteiger partial charge in [0.05, 0.1) is 65.1 Å². The van der Waals surface area contributed by atoms with Crippen LogP contribution in [-0.4, -0.2) is 151 Å². The molecule has 2 aromatic rings. The zero-order valence-electron chi connectivity index (χ0n) is 27.5. The van der Waals surface area contributed by atoms with Crippen molar-refractivity contribution in [1.29, 1.82) is 0 Å².